The molecule has 1 aromatic carbocycles. The number of oxazole rings is 1. The number of carbonyl (C=O) groups excluding carboxylic acids is 1. The fourth-order valence-corrected chi connectivity index (χ4v) is 3.55. The van der Waals surface area contributed by atoms with Crippen molar-refractivity contribution in [1.29, 1.82) is 0 Å². The maximum Gasteiger partial charge on any atom is 0.263 e. The third-order valence-electron chi connectivity index (χ3n) is 5.36. The van der Waals surface area contributed by atoms with Crippen molar-refractivity contribution in [2.24, 2.45) is 0 Å². The zero-order chi connectivity index (χ0) is 21.6. The molecule has 1 amide bonds. The monoisotopic (exact) mass is 422 g/mol. The van der Waals surface area contributed by atoms with E-state index in [2.05, 4.69) is 15.2 Å². The highest BCUT2D eigenvalue weighted by atomic mass is 16.5. The molecule has 0 spiro atoms. The summed E-state index contributed by atoms with van der Waals surface area (Å²) in [7, 11) is 0. The summed E-state index contributed by atoms with van der Waals surface area (Å²) in [5.74, 6) is 0.0821. The molecule has 4 rings (SSSR count). The van der Waals surface area contributed by atoms with Crippen LogP contribution in [0.3, 0.4) is 0 Å². The van der Waals surface area contributed by atoms with Gasteiger partial charge in [-0.3, -0.25) is 14.5 Å². The normalized spacial score (nSPS) is 14.5. The lowest BCUT2D eigenvalue weighted by Gasteiger charge is -2.26. The van der Waals surface area contributed by atoms with Gasteiger partial charge in [-0.15, -0.1) is 0 Å². The number of aryl methyl sites for hydroxylation is 1. The van der Waals surface area contributed by atoms with E-state index in [1.807, 2.05) is 30.3 Å². The molecule has 1 fully saturated rings. The molecule has 2 aromatic heterocycles. The van der Waals surface area contributed by atoms with Gasteiger partial charge in [-0.1, -0.05) is 18.2 Å². The number of morpholine rings is 1. The number of nitrogens with zero attached hydrogens (tertiary/aromatic N) is 3. The molecular weight excluding hydrogens is 396 g/mol. The first-order valence-corrected chi connectivity index (χ1v) is 10.4. The number of hydrogen-bond donors (Lipinski definition) is 1. The van der Waals surface area contributed by atoms with Crippen LogP contribution in [0.4, 0.5) is 0 Å². The minimum atomic E-state index is -0.410. The van der Waals surface area contributed by atoms with E-state index in [0.717, 1.165) is 25.2 Å². The van der Waals surface area contributed by atoms with Crippen LogP contribution in [0.2, 0.25) is 0 Å². The van der Waals surface area contributed by atoms with Crippen LogP contribution in [0.1, 0.15) is 21.6 Å². The Labute approximate surface area is 180 Å². The Morgan fingerprint density at radius 2 is 1.90 bits per heavy atom. The van der Waals surface area contributed by atoms with E-state index in [-0.39, 0.29) is 17.7 Å². The highest BCUT2D eigenvalue weighted by molar-refractivity contribution is 5.95. The second-order valence-corrected chi connectivity index (χ2v) is 7.52. The van der Waals surface area contributed by atoms with Gasteiger partial charge in [0, 0.05) is 37.9 Å². The molecular formula is C23H26N4O4. The molecule has 1 saturated heterocycles. The summed E-state index contributed by atoms with van der Waals surface area (Å²) < 4.78 is 12.5. The SMILES string of the molecule is Cc1ccn(CCN2CCOCC2)c(=O)c1C(=O)NCc1coc(-c2ccccc2)n1. The van der Waals surface area contributed by atoms with E-state index in [4.69, 9.17) is 9.15 Å². The fraction of sp³-hybridized carbons (Fsp3) is 0.348. The molecule has 8 heteroatoms. The lowest BCUT2D eigenvalue weighted by Crippen LogP contribution is -2.40. The molecule has 0 radical (unpaired) electrons. The van der Waals surface area contributed by atoms with E-state index < -0.39 is 5.91 Å². The van der Waals surface area contributed by atoms with Crippen molar-refractivity contribution in [2.45, 2.75) is 20.0 Å². The number of aromatic nitrogens is 2. The Bertz CT molecular complexity index is 1080. The summed E-state index contributed by atoms with van der Waals surface area (Å²) in [6, 6.07) is 11.3. The van der Waals surface area contributed by atoms with E-state index in [9.17, 15) is 9.59 Å². The van der Waals surface area contributed by atoms with Crippen molar-refractivity contribution in [3.63, 3.8) is 0 Å². The topological polar surface area (TPSA) is 89.6 Å². The summed E-state index contributed by atoms with van der Waals surface area (Å²) in [4.78, 5) is 32.4. The van der Waals surface area contributed by atoms with Gasteiger partial charge in [0.05, 0.1) is 25.5 Å². The predicted molar refractivity (Wildman–Crippen MR) is 116 cm³/mol. The Morgan fingerprint density at radius 3 is 2.68 bits per heavy atom. The zero-order valence-corrected chi connectivity index (χ0v) is 17.5. The second-order valence-electron chi connectivity index (χ2n) is 7.52. The first-order chi connectivity index (χ1) is 15.1. The molecule has 31 heavy (non-hydrogen) atoms. The quantitative estimate of drug-likeness (QED) is 0.627. The molecule has 3 heterocycles. The van der Waals surface area contributed by atoms with Crippen molar-refractivity contribution in [3.05, 3.63) is 76.0 Å². The minimum absolute atomic E-state index is 0.163. The molecule has 0 bridgehead atoms. The highest BCUT2D eigenvalue weighted by Crippen LogP contribution is 2.17. The van der Waals surface area contributed by atoms with E-state index in [1.54, 1.807) is 23.8 Å². The molecule has 162 valence electrons. The van der Waals surface area contributed by atoms with E-state index in [0.29, 0.717) is 36.9 Å². The first kappa shape index (κ1) is 21.0. The molecule has 0 atom stereocenters. The van der Waals surface area contributed by atoms with E-state index in [1.165, 1.54) is 6.26 Å². The van der Waals surface area contributed by atoms with Gasteiger partial charge in [-0.05, 0) is 30.7 Å². The van der Waals surface area contributed by atoms with Gasteiger partial charge in [-0.2, -0.15) is 0 Å². The summed E-state index contributed by atoms with van der Waals surface area (Å²) in [5.41, 5.74) is 1.98. The summed E-state index contributed by atoms with van der Waals surface area (Å²) in [5, 5.41) is 2.79. The Hall–Kier alpha value is -3.23. The first-order valence-electron chi connectivity index (χ1n) is 10.4. The number of amides is 1. The van der Waals surface area contributed by atoms with Crippen molar-refractivity contribution >= 4 is 5.91 Å². The highest BCUT2D eigenvalue weighted by Gasteiger charge is 2.17. The van der Waals surface area contributed by atoms with Gasteiger partial charge < -0.3 is 19.0 Å². The van der Waals surface area contributed by atoms with Gasteiger partial charge in [0.15, 0.2) is 0 Å². The smallest absolute Gasteiger partial charge is 0.263 e. The number of hydrogen-bond acceptors (Lipinski definition) is 6. The number of pyridine rings is 1. The Kier molecular flexibility index (Phi) is 6.59. The molecule has 0 saturated carbocycles. The van der Waals surface area contributed by atoms with Gasteiger partial charge >= 0.3 is 0 Å². The molecule has 0 unspecified atom stereocenters. The Morgan fingerprint density at radius 1 is 1.13 bits per heavy atom. The van der Waals surface area contributed by atoms with Crippen molar-refractivity contribution in [2.75, 3.05) is 32.8 Å². The van der Waals surface area contributed by atoms with Gasteiger partial charge in [0.1, 0.15) is 11.8 Å². The van der Waals surface area contributed by atoms with Crippen LogP contribution in [0.25, 0.3) is 11.5 Å². The van der Waals surface area contributed by atoms with Crippen LogP contribution >= 0.6 is 0 Å². The molecule has 3 aromatic rings. The van der Waals surface area contributed by atoms with Crippen LogP contribution in [-0.2, 0) is 17.8 Å². The average Bonchev–Trinajstić information content (AvgIpc) is 3.28. The standard InChI is InChI=1S/C23H26N4O4/c1-17-7-8-27(10-9-26-11-13-30-14-12-26)23(29)20(17)21(28)24-15-19-16-31-22(25-19)18-5-3-2-4-6-18/h2-8,16H,9-15H2,1H3,(H,24,28). The van der Waals surface area contributed by atoms with Gasteiger partial charge in [0.2, 0.25) is 5.89 Å². The summed E-state index contributed by atoms with van der Waals surface area (Å²) in [6.07, 6.45) is 3.26. The van der Waals surface area contributed by atoms with Crippen LogP contribution in [-0.4, -0.2) is 53.2 Å². The number of ether oxygens (including phenoxy) is 1. The summed E-state index contributed by atoms with van der Waals surface area (Å²) >= 11 is 0. The zero-order valence-electron chi connectivity index (χ0n) is 17.5. The molecule has 1 aliphatic heterocycles. The maximum atomic E-state index is 12.9. The van der Waals surface area contributed by atoms with Crippen LogP contribution in [0.15, 0.2) is 58.1 Å². The van der Waals surface area contributed by atoms with Gasteiger partial charge in [-0.25, -0.2) is 4.98 Å². The third kappa shape index (κ3) is 5.10. The van der Waals surface area contributed by atoms with Gasteiger partial charge in [0.25, 0.3) is 11.5 Å². The summed E-state index contributed by atoms with van der Waals surface area (Å²) in [6.45, 7) is 6.36. The maximum absolute atomic E-state index is 12.9. The molecule has 0 aliphatic carbocycles. The molecule has 1 aliphatic rings. The lowest BCUT2D eigenvalue weighted by molar-refractivity contribution is 0.0362. The molecule has 8 nitrogen and oxygen atoms in total. The molecule has 1 N–H and O–H groups in total. The lowest BCUT2D eigenvalue weighted by atomic mass is 10.1. The number of benzene rings is 1. The number of carbonyl (C=O) groups is 1. The van der Waals surface area contributed by atoms with Crippen LogP contribution in [0, 0.1) is 6.92 Å². The van der Waals surface area contributed by atoms with Crippen LogP contribution in [0.5, 0.6) is 0 Å². The van der Waals surface area contributed by atoms with Crippen LogP contribution < -0.4 is 10.9 Å². The van der Waals surface area contributed by atoms with E-state index >= 15 is 0 Å². The van der Waals surface area contributed by atoms with Crippen molar-refractivity contribution < 1.29 is 13.9 Å². The number of nitrogens with one attached hydrogen (secondary N) is 1. The van der Waals surface area contributed by atoms with Crippen molar-refractivity contribution in [1.82, 2.24) is 19.8 Å². The number of rotatable bonds is 7. The minimum Gasteiger partial charge on any atom is -0.444 e. The second kappa shape index (κ2) is 9.72. The Balaban J connectivity index is 1.41. The third-order valence-corrected chi connectivity index (χ3v) is 5.36. The average molecular weight is 422 g/mol. The fourth-order valence-electron chi connectivity index (χ4n) is 3.55. The largest absolute Gasteiger partial charge is 0.444 e. The van der Waals surface area contributed by atoms with Crippen molar-refractivity contribution in [3.8, 4) is 11.5 Å². The predicted octanol–water partition coefficient (Wildman–Crippen LogP) is 2.07.